The van der Waals surface area contributed by atoms with Crippen molar-refractivity contribution in [3.8, 4) is 0 Å². The molecule has 1 aliphatic heterocycles. The van der Waals surface area contributed by atoms with Crippen LogP contribution in [-0.2, 0) is 4.79 Å². The molecule has 0 bridgehead atoms. The Morgan fingerprint density at radius 3 is 2.64 bits per heavy atom. The van der Waals surface area contributed by atoms with Gasteiger partial charge in [-0.2, -0.15) is 0 Å². The number of piperidine rings is 1. The van der Waals surface area contributed by atoms with Crippen LogP contribution in [-0.4, -0.2) is 29.4 Å². The maximum Gasteiger partial charge on any atom is 0.242 e. The summed E-state index contributed by atoms with van der Waals surface area (Å²) in [6.45, 7) is 4.04. The predicted octanol–water partition coefficient (Wildman–Crippen LogP) is 1.16. The number of hydrogen-bond acceptors (Lipinski definition) is 2. The molecule has 1 heterocycles. The number of nitrogens with two attached hydrogens (primary N) is 1. The van der Waals surface area contributed by atoms with Crippen LogP contribution in [0.25, 0.3) is 0 Å². The number of hydrogen-bond donors (Lipinski definition) is 1. The SMILES string of the molecule is C[C@H]1CCCN(C(=O)C2(N)CC2)C1.Cl. The molecule has 4 heteroatoms. The molecule has 0 aromatic heterocycles. The van der Waals surface area contributed by atoms with Gasteiger partial charge in [-0.15, -0.1) is 12.4 Å². The Labute approximate surface area is 91.4 Å². The molecule has 0 spiro atoms. The van der Waals surface area contributed by atoms with Crippen LogP contribution in [0.4, 0.5) is 0 Å². The van der Waals surface area contributed by atoms with Gasteiger partial charge in [-0.3, -0.25) is 4.79 Å². The standard InChI is InChI=1S/C10H18N2O.ClH/c1-8-3-2-6-12(7-8)9(13)10(11)4-5-10;/h8H,2-7,11H2,1H3;1H/t8-;/m0./s1. The molecule has 0 unspecified atom stereocenters. The highest BCUT2D eigenvalue weighted by atomic mass is 35.5. The Morgan fingerprint density at radius 2 is 2.14 bits per heavy atom. The molecule has 2 aliphatic rings. The maximum absolute atomic E-state index is 11.8. The van der Waals surface area contributed by atoms with Crippen molar-refractivity contribution in [2.75, 3.05) is 13.1 Å². The fourth-order valence-electron chi connectivity index (χ4n) is 2.04. The van der Waals surface area contributed by atoms with Crippen molar-refractivity contribution in [1.82, 2.24) is 4.90 Å². The second-order valence-electron chi connectivity index (χ2n) is 4.65. The van der Waals surface area contributed by atoms with Gasteiger partial charge in [-0.25, -0.2) is 0 Å². The van der Waals surface area contributed by atoms with Crippen LogP contribution in [0.15, 0.2) is 0 Å². The van der Waals surface area contributed by atoms with Gasteiger partial charge in [-0.05, 0) is 31.6 Å². The minimum Gasteiger partial charge on any atom is -0.341 e. The van der Waals surface area contributed by atoms with Gasteiger partial charge in [0, 0.05) is 13.1 Å². The number of rotatable bonds is 1. The van der Waals surface area contributed by atoms with Gasteiger partial charge < -0.3 is 10.6 Å². The summed E-state index contributed by atoms with van der Waals surface area (Å²) >= 11 is 0. The third-order valence-electron chi connectivity index (χ3n) is 3.16. The Morgan fingerprint density at radius 1 is 1.50 bits per heavy atom. The average molecular weight is 219 g/mol. The molecule has 1 atom stereocenters. The first-order chi connectivity index (χ1) is 6.12. The maximum atomic E-state index is 11.8. The summed E-state index contributed by atoms with van der Waals surface area (Å²) in [4.78, 5) is 13.8. The molecule has 1 saturated carbocycles. The van der Waals surface area contributed by atoms with E-state index >= 15 is 0 Å². The highest BCUT2D eigenvalue weighted by molar-refractivity contribution is 5.89. The zero-order valence-corrected chi connectivity index (χ0v) is 9.48. The molecule has 0 aromatic carbocycles. The molecule has 2 rings (SSSR count). The lowest BCUT2D eigenvalue weighted by atomic mass is 9.99. The minimum atomic E-state index is -0.461. The smallest absolute Gasteiger partial charge is 0.242 e. The number of halogens is 1. The van der Waals surface area contributed by atoms with Gasteiger partial charge in [0.2, 0.25) is 5.91 Å². The lowest BCUT2D eigenvalue weighted by Crippen LogP contribution is -2.49. The van der Waals surface area contributed by atoms with Crippen LogP contribution in [0.5, 0.6) is 0 Å². The number of carbonyl (C=O) groups is 1. The number of amides is 1. The van der Waals surface area contributed by atoms with Crippen molar-refractivity contribution >= 4 is 18.3 Å². The van der Waals surface area contributed by atoms with Crippen LogP contribution in [0, 0.1) is 5.92 Å². The van der Waals surface area contributed by atoms with E-state index in [1.807, 2.05) is 4.90 Å². The van der Waals surface area contributed by atoms with E-state index in [0.717, 1.165) is 32.4 Å². The lowest BCUT2D eigenvalue weighted by Gasteiger charge is -2.32. The first-order valence-corrected chi connectivity index (χ1v) is 5.20. The van der Waals surface area contributed by atoms with E-state index in [-0.39, 0.29) is 18.3 Å². The first-order valence-electron chi connectivity index (χ1n) is 5.20. The molecule has 0 radical (unpaired) electrons. The molecule has 1 saturated heterocycles. The van der Waals surface area contributed by atoms with Crippen molar-refractivity contribution in [2.24, 2.45) is 11.7 Å². The number of likely N-dealkylation sites (tertiary alicyclic amines) is 1. The molecule has 1 aliphatic carbocycles. The van der Waals surface area contributed by atoms with E-state index in [2.05, 4.69) is 6.92 Å². The number of carbonyl (C=O) groups excluding carboxylic acids is 1. The van der Waals surface area contributed by atoms with Crippen molar-refractivity contribution < 1.29 is 4.79 Å². The molecule has 82 valence electrons. The van der Waals surface area contributed by atoms with E-state index < -0.39 is 5.54 Å². The van der Waals surface area contributed by atoms with Crippen LogP contribution < -0.4 is 5.73 Å². The highest BCUT2D eigenvalue weighted by Gasteiger charge is 2.48. The van der Waals surface area contributed by atoms with Crippen LogP contribution in [0.1, 0.15) is 32.6 Å². The van der Waals surface area contributed by atoms with Crippen molar-refractivity contribution in [3.05, 3.63) is 0 Å². The summed E-state index contributed by atoms with van der Waals surface area (Å²) in [6.07, 6.45) is 4.16. The van der Waals surface area contributed by atoms with Crippen LogP contribution in [0.2, 0.25) is 0 Å². The molecule has 2 fully saturated rings. The summed E-state index contributed by atoms with van der Waals surface area (Å²) in [6, 6.07) is 0. The Bertz CT molecular complexity index is 228. The van der Waals surface area contributed by atoms with E-state index in [1.54, 1.807) is 0 Å². The highest BCUT2D eigenvalue weighted by Crippen LogP contribution is 2.35. The minimum absolute atomic E-state index is 0. The molecule has 3 nitrogen and oxygen atoms in total. The second kappa shape index (κ2) is 4.07. The summed E-state index contributed by atoms with van der Waals surface area (Å²) in [7, 11) is 0. The largest absolute Gasteiger partial charge is 0.341 e. The van der Waals surface area contributed by atoms with Gasteiger partial charge in [0.1, 0.15) is 0 Å². The van der Waals surface area contributed by atoms with Gasteiger partial charge >= 0.3 is 0 Å². The third-order valence-corrected chi connectivity index (χ3v) is 3.16. The van der Waals surface area contributed by atoms with Crippen LogP contribution in [0.3, 0.4) is 0 Å². The van der Waals surface area contributed by atoms with Crippen molar-refractivity contribution in [1.29, 1.82) is 0 Å². The van der Waals surface area contributed by atoms with E-state index in [9.17, 15) is 4.79 Å². The van der Waals surface area contributed by atoms with Crippen molar-refractivity contribution in [3.63, 3.8) is 0 Å². The Hall–Kier alpha value is -0.280. The molecular weight excluding hydrogens is 200 g/mol. The monoisotopic (exact) mass is 218 g/mol. The van der Waals surface area contributed by atoms with Gasteiger partial charge in [-0.1, -0.05) is 6.92 Å². The number of nitrogens with zero attached hydrogens (tertiary/aromatic N) is 1. The van der Waals surface area contributed by atoms with Gasteiger partial charge in [0.15, 0.2) is 0 Å². The molecular formula is C10H19ClN2O. The normalized spacial score (nSPS) is 29.3. The van der Waals surface area contributed by atoms with E-state index in [4.69, 9.17) is 5.73 Å². The summed E-state index contributed by atoms with van der Waals surface area (Å²) < 4.78 is 0. The van der Waals surface area contributed by atoms with Crippen LogP contribution >= 0.6 is 12.4 Å². The topological polar surface area (TPSA) is 46.3 Å². The second-order valence-corrected chi connectivity index (χ2v) is 4.65. The molecule has 1 amide bonds. The molecule has 2 N–H and O–H groups in total. The Kier molecular flexibility index (Phi) is 3.43. The zero-order valence-electron chi connectivity index (χ0n) is 8.66. The lowest BCUT2D eigenvalue weighted by molar-refractivity contribution is -0.135. The summed E-state index contributed by atoms with van der Waals surface area (Å²) in [5.74, 6) is 0.846. The van der Waals surface area contributed by atoms with Crippen molar-refractivity contribution in [2.45, 2.75) is 38.1 Å². The molecule has 14 heavy (non-hydrogen) atoms. The Balaban J connectivity index is 0.000000980. The third kappa shape index (κ3) is 2.20. The quantitative estimate of drug-likeness (QED) is 0.718. The average Bonchev–Trinajstić information content (AvgIpc) is 2.84. The molecule has 0 aromatic rings. The zero-order chi connectivity index (χ0) is 9.47. The fraction of sp³-hybridized carbons (Fsp3) is 0.900. The fourth-order valence-corrected chi connectivity index (χ4v) is 2.04. The summed E-state index contributed by atoms with van der Waals surface area (Å²) in [5.41, 5.74) is 5.41. The van der Waals surface area contributed by atoms with E-state index in [0.29, 0.717) is 5.92 Å². The first kappa shape index (κ1) is 11.8. The van der Waals surface area contributed by atoms with E-state index in [1.165, 1.54) is 6.42 Å². The predicted molar refractivity (Wildman–Crippen MR) is 58.4 cm³/mol. The van der Waals surface area contributed by atoms with Gasteiger partial charge in [0.05, 0.1) is 5.54 Å². The van der Waals surface area contributed by atoms with Gasteiger partial charge in [0.25, 0.3) is 0 Å². The summed E-state index contributed by atoms with van der Waals surface area (Å²) in [5, 5.41) is 0.